The number of amides is 1. The molecule has 4 aromatic rings. The molecule has 1 aliphatic heterocycles. The van der Waals surface area contributed by atoms with Gasteiger partial charge in [0.15, 0.2) is 0 Å². The smallest absolute Gasteiger partial charge is 0.252 e. The molecule has 1 atom stereocenters. The van der Waals surface area contributed by atoms with E-state index in [-0.39, 0.29) is 17.8 Å². The zero-order valence-corrected chi connectivity index (χ0v) is 18.7. The standard InChI is InChI=1S/C27H25FN4O2/c28-21-7-5-20(6-8-21)26(32-13-15-34-16-14-32)18-30-27(33)23-17-25(19-9-11-29-12-10-19)31-24-4-2-1-3-22(23)24/h1-12,17,26H,13-16,18H2,(H,30,33). The van der Waals surface area contributed by atoms with Gasteiger partial charge >= 0.3 is 0 Å². The fraction of sp³-hybridized carbons (Fsp3) is 0.222. The number of para-hydroxylation sites is 1. The summed E-state index contributed by atoms with van der Waals surface area (Å²) in [5.41, 5.74) is 3.89. The number of fused-ring (bicyclic) bond motifs is 1. The van der Waals surface area contributed by atoms with Crippen LogP contribution in [-0.4, -0.2) is 53.6 Å². The van der Waals surface area contributed by atoms with Crippen molar-refractivity contribution >= 4 is 16.8 Å². The molecule has 34 heavy (non-hydrogen) atoms. The van der Waals surface area contributed by atoms with Crippen LogP contribution in [0, 0.1) is 5.82 Å². The lowest BCUT2D eigenvalue weighted by molar-refractivity contribution is 0.0162. The molecule has 0 spiro atoms. The van der Waals surface area contributed by atoms with Crippen LogP contribution < -0.4 is 5.32 Å². The van der Waals surface area contributed by atoms with Crippen molar-refractivity contribution in [2.75, 3.05) is 32.8 Å². The first-order valence-corrected chi connectivity index (χ1v) is 11.3. The zero-order chi connectivity index (χ0) is 23.3. The number of carbonyl (C=O) groups excluding carboxylic acids is 1. The van der Waals surface area contributed by atoms with Crippen LogP contribution in [0.15, 0.2) is 79.1 Å². The second-order valence-corrected chi connectivity index (χ2v) is 8.23. The minimum Gasteiger partial charge on any atom is -0.379 e. The number of morpholine rings is 1. The summed E-state index contributed by atoms with van der Waals surface area (Å²) in [5, 5.41) is 3.92. The second-order valence-electron chi connectivity index (χ2n) is 8.23. The topological polar surface area (TPSA) is 67.4 Å². The summed E-state index contributed by atoms with van der Waals surface area (Å²) < 4.78 is 19.0. The fourth-order valence-corrected chi connectivity index (χ4v) is 4.35. The SMILES string of the molecule is O=C(NCC(c1ccc(F)cc1)N1CCOCC1)c1cc(-c2ccncc2)nc2ccccc12. The number of hydrogen-bond acceptors (Lipinski definition) is 5. The predicted molar refractivity (Wildman–Crippen MR) is 129 cm³/mol. The van der Waals surface area contributed by atoms with Crippen molar-refractivity contribution in [3.63, 3.8) is 0 Å². The predicted octanol–water partition coefficient (Wildman–Crippen LogP) is 4.24. The molecule has 3 heterocycles. The molecule has 1 saturated heterocycles. The molecule has 6 nitrogen and oxygen atoms in total. The van der Waals surface area contributed by atoms with Crippen LogP contribution in [0.5, 0.6) is 0 Å². The van der Waals surface area contributed by atoms with E-state index in [1.165, 1.54) is 12.1 Å². The van der Waals surface area contributed by atoms with Gasteiger partial charge in [-0.1, -0.05) is 30.3 Å². The lowest BCUT2D eigenvalue weighted by atomic mass is 10.0. The Bertz CT molecular complexity index is 1280. The highest BCUT2D eigenvalue weighted by molar-refractivity contribution is 6.07. The van der Waals surface area contributed by atoms with Gasteiger partial charge in [0.2, 0.25) is 0 Å². The molecule has 0 saturated carbocycles. The summed E-state index contributed by atoms with van der Waals surface area (Å²) in [6.07, 6.45) is 3.42. The quantitative estimate of drug-likeness (QED) is 0.470. The lowest BCUT2D eigenvalue weighted by Crippen LogP contribution is -2.43. The molecule has 5 rings (SSSR count). The molecule has 0 aliphatic carbocycles. The van der Waals surface area contributed by atoms with Gasteiger partial charge < -0.3 is 10.1 Å². The van der Waals surface area contributed by atoms with E-state index in [1.807, 2.05) is 42.5 Å². The van der Waals surface area contributed by atoms with Gasteiger partial charge in [0.1, 0.15) is 5.82 Å². The molecule has 7 heteroatoms. The van der Waals surface area contributed by atoms with Gasteiger partial charge in [-0.2, -0.15) is 0 Å². The van der Waals surface area contributed by atoms with Crippen molar-refractivity contribution in [1.29, 1.82) is 0 Å². The van der Waals surface area contributed by atoms with Crippen LogP contribution in [0.2, 0.25) is 0 Å². The van der Waals surface area contributed by atoms with Gasteiger partial charge in [-0.25, -0.2) is 9.37 Å². The van der Waals surface area contributed by atoms with Crippen molar-refractivity contribution in [3.05, 3.63) is 96.1 Å². The number of carbonyl (C=O) groups is 1. The molecule has 172 valence electrons. The Balaban J connectivity index is 1.44. The van der Waals surface area contributed by atoms with Crippen molar-refractivity contribution < 1.29 is 13.9 Å². The third kappa shape index (κ3) is 4.81. The van der Waals surface area contributed by atoms with Crippen LogP contribution >= 0.6 is 0 Å². The normalized spacial score (nSPS) is 15.2. The monoisotopic (exact) mass is 456 g/mol. The zero-order valence-electron chi connectivity index (χ0n) is 18.7. The van der Waals surface area contributed by atoms with Gasteiger partial charge in [0.25, 0.3) is 5.91 Å². The van der Waals surface area contributed by atoms with Crippen molar-refractivity contribution in [2.45, 2.75) is 6.04 Å². The van der Waals surface area contributed by atoms with E-state index in [4.69, 9.17) is 9.72 Å². The summed E-state index contributed by atoms with van der Waals surface area (Å²) in [7, 11) is 0. The number of benzene rings is 2. The van der Waals surface area contributed by atoms with Gasteiger partial charge in [0.05, 0.1) is 36.0 Å². The maximum absolute atomic E-state index is 13.5. The number of halogens is 1. The Kier molecular flexibility index (Phi) is 6.56. The van der Waals surface area contributed by atoms with Gasteiger partial charge in [-0.3, -0.25) is 14.7 Å². The van der Waals surface area contributed by atoms with Crippen LogP contribution in [0.25, 0.3) is 22.2 Å². The second kappa shape index (κ2) is 10.1. The molecule has 1 N–H and O–H groups in total. The van der Waals surface area contributed by atoms with Crippen LogP contribution in [0.3, 0.4) is 0 Å². The van der Waals surface area contributed by atoms with E-state index in [0.717, 1.165) is 40.8 Å². The maximum Gasteiger partial charge on any atom is 0.252 e. The van der Waals surface area contributed by atoms with E-state index >= 15 is 0 Å². The van der Waals surface area contributed by atoms with E-state index in [0.29, 0.717) is 25.3 Å². The highest BCUT2D eigenvalue weighted by atomic mass is 19.1. The summed E-state index contributed by atoms with van der Waals surface area (Å²) >= 11 is 0. The molecule has 0 bridgehead atoms. The Hall–Kier alpha value is -3.68. The molecule has 1 aliphatic rings. The van der Waals surface area contributed by atoms with E-state index < -0.39 is 0 Å². The molecule has 1 fully saturated rings. The van der Waals surface area contributed by atoms with Crippen molar-refractivity contribution in [3.8, 4) is 11.3 Å². The largest absolute Gasteiger partial charge is 0.379 e. The average molecular weight is 457 g/mol. The Labute approximate surface area is 197 Å². The highest BCUT2D eigenvalue weighted by Gasteiger charge is 2.24. The number of nitrogens with one attached hydrogen (secondary N) is 1. The highest BCUT2D eigenvalue weighted by Crippen LogP contribution is 2.26. The maximum atomic E-state index is 13.5. The molecular weight excluding hydrogens is 431 g/mol. The van der Waals surface area contributed by atoms with Gasteiger partial charge in [-0.05, 0) is 42.0 Å². The summed E-state index contributed by atoms with van der Waals surface area (Å²) in [4.78, 5) is 24.6. The number of nitrogens with zero attached hydrogens (tertiary/aromatic N) is 3. The Morgan fingerprint density at radius 1 is 1.03 bits per heavy atom. The van der Waals surface area contributed by atoms with Gasteiger partial charge in [-0.15, -0.1) is 0 Å². The van der Waals surface area contributed by atoms with Crippen LogP contribution in [0.4, 0.5) is 4.39 Å². The molecule has 0 radical (unpaired) electrons. The lowest BCUT2D eigenvalue weighted by Gasteiger charge is -2.35. The fourth-order valence-electron chi connectivity index (χ4n) is 4.35. The van der Waals surface area contributed by atoms with Crippen LogP contribution in [0.1, 0.15) is 22.0 Å². The third-order valence-corrected chi connectivity index (χ3v) is 6.13. The third-order valence-electron chi connectivity index (χ3n) is 6.13. The Morgan fingerprint density at radius 2 is 1.76 bits per heavy atom. The molecular formula is C27H25FN4O2. The first kappa shape index (κ1) is 22.1. The van der Waals surface area contributed by atoms with Crippen LogP contribution in [-0.2, 0) is 4.74 Å². The molecule has 1 amide bonds. The van der Waals surface area contributed by atoms with E-state index in [9.17, 15) is 9.18 Å². The average Bonchev–Trinajstić information content (AvgIpc) is 2.90. The first-order valence-electron chi connectivity index (χ1n) is 11.3. The van der Waals surface area contributed by atoms with Gasteiger partial charge in [0, 0.05) is 43.0 Å². The minimum absolute atomic E-state index is 0.0822. The van der Waals surface area contributed by atoms with Crippen molar-refractivity contribution in [2.24, 2.45) is 0 Å². The summed E-state index contributed by atoms with van der Waals surface area (Å²) in [6.45, 7) is 3.17. The number of rotatable bonds is 6. The summed E-state index contributed by atoms with van der Waals surface area (Å²) in [6, 6.07) is 19.6. The number of hydrogen-bond donors (Lipinski definition) is 1. The number of aromatic nitrogens is 2. The summed E-state index contributed by atoms with van der Waals surface area (Å²) in [5.74, 6) is -0.449. The van der Waals surface area contributed by atoms with Crippen molar-refractivity contribution in [1.82, 2.24) is 20.2 Å². The first-order chi connectivity index (χ1) is 16.7. The minimum atomic E-state index is -0.277. The number of pyridine rings is 2. The van der Waals surface area contributed by atoms with E-state index in [2.05, 4.69) is 15.2 Å². The molecule has 1 unspecified atom stereocenters. The number of ether oxygens (including phenoxy) is 1. The van der Waals surface area contributed by atoms with E-state index in [1.54, 1.807) is 24.5 Å². The molecule has 2 aromatic heterocycles. The Morgan fingerprint density at radius 3 is 2.53 bits per heavy atom. The molecule has 2 aromatic carbocycles.